The van der Waals surface area contributed by atoms with Crippen molar-refractivity contribution in [1.29, 1.82) is 0 Å². The summed E-state index contributed by atoms with van der Waals surface area (Å²) in [6.07, 6.45) is -0.677. The third-order valence-electron chi connectivity index (χ3n) is 3.50. The zero-order valence-electron chi connectivity index (χ0n) is 9.98. The molecule has 1 fully saturated rings. The third kappa shape index (κ3) is 1.85. The van der Waals surface area contributed by atoms with Crippen LogP contribution in [-0.4, -0.2) is 55.1 Å². The first-order chi connectivity index (χ1) is 9.11. The molecule has 0 aliphatic carbocycles. The van der Waals surface area contributed by atoms with Gasteiger partial charge in [0.15, 0.2) is 5.82 Å². The summed E-state index contributed by atoms with van der Waals surface area (Å²) in [5.74, 6) is 0.322. The first-order valence-electron chi connectivity index (χ1n) is 5.94. The second-order valence-electron chi connectivity index (χ2n) is 4.66. The van der Waals surface area contributed by atoms with Gasteiger partial charge in [-0.15, -0.1) is 0 Å². The highest BCUT2D eigenvalue weighted by molar-refractivity contribution is 5.85. The fraction of sp³-hybridized carbons (Fsp3) is 0.455. The van der Waals surface area contributed by atoms with Crippen molar-refractivity contribution >= 4 is 16.9 Å². The van der Waals surface area contributed by atoms with Gasteiger partial charge >= 0.3 is 0 Å². The Labute approximate surface area is 108 Å². The highest BCUT2D eigenvalue weighted by Crippen LogP contribution is 2.29. The molecular weight excluding hydrogens is 250 g/mol. The minimum absolute atomic E-state index is 0.253. The van der Waals surface area contributed by atoms with Crippen molar-refractivity contribution in [2.75, 3.05) is 12.3 Å². The summed E-state index contributed by atoms with van der Waals surface area (Å²) in [5.41, 5.74) is 7.60. The van der Waals surface area contributed by atoms with Gasteiger partial charge in [-0.3, -0.25) is 5.32 Å². The number of nitrogens with two attached hydrogens (primary N) is 1. The van der Waals surface area contributed by atoms with E-state index in [-0.39, 0.29) is 6.61 Å². The van der Waals surface area contributed by atoms with Crippen LogP contribution in [-0.2, 0) is 0 Å². The minimum atomic E-state index is -1.02. The number of fused-ring (bicyclic) bond motifs is 1. The van der Waals surface area contributed by atoms with Crippen molar-refractivity contribution in [2.24, 2.45) is 0 Å². The molecule has 8 heteroatoms. The largest absolute Gasteiger partial charge is 0.395 e. The second-order valence-corrected chi connectivity index (χ2v) is 4.66. The number of hydrogen-bond acceptors (Lipinski definition) is 7. The van der Waals surface area contributed by atoms with Gasteiger partial charge in [-0.1, -0.05) is 0 Å². The molecule has 19 heavy (non-hydrogen) atoms. The summed E-state index contributed by atoms with van der Waals surface area (Å²) in [6.45, 7) is -0.253. The molecule has 4 atom stereocenters. The van der Waals surface area contributed by atoms with Gasteiger partial charge in [0.2, 0.25) is 0 Å². The maximum Gasteiger partial charge on any atom is 0.151 e. The molecule has 0 spiro atoms. The topological polar surface area (TPSA) is 140 Å². The van der Waals surface area contributed by atoms with Crippen LogP contribution in [0.1, 0.15) is 11.7 Å². The van der Waals surface area contributed by atoms with Crippen LogP contribution in [0.15, 0.2) is 12.4 Å². The number of anilines is 1. The van der Waals surface area contributed by atoms with E-state index in [9.17, 15) is 10.2 Å². The molecular formula is C11H15N5O3. The summed E-state index contributed by atoms with van der Waals surface area (Å²) >= 11 is 0. The Hall–Kier alpha value is -1.74. The molecule has 0 saturated carbocycles. The van der Waals surface area contributed by atoms with Crippen LogP contribution in [0.5, 0.6) is 0 Å². The molecule has 102 valence electrons. The molecule has 2 aromatic rings. The average Bonchev–Trinajstić information content (AvgIpc) is 2.94. The van der Waals surface area contributed by atoms with Crippen LogP contribution in [0.2, 0.25) is 0 Å². The summed E-state index contributed by atoms with van der Waals surface area (Å²) in [6, 6.07) is 0.663. The maximum atomic E-state index is 10.00. The van der Waals surface area contributed by atoms with E-state index in [1.54, 1.807) is 6.07 Å². The van der Waals surface area contributed by atoms with Crippen molar-refractivity contribution in [3.05, 3.63) is 18.1 Å². The van der Waals surface area contributed by atoms with Crippen molar-refractivity contribution in [2.45, 2.75) is 24.3 Å². The Morgan fingerprint density at radius 1 is 1.26 bits per heavy atom. The lowest BCUT2D eigenvalue weighted by atomic mass is 10.1. The molecule has 1 aliphatic heterocycles. The number of aliphatic hydroxyl groups excluding tert-OH is 3. The molecule has 0 amide bonds. The Bertz CT molecular complexity index is 601. The van der Waals surface area contributed by atoms with E-state index in [1.807, 2.05) is 0 Å². The van der Waals surface area contributed by atoms with E-state index in [0.29, 0.717) is 22.5 Å². The van der Waals surface area contributed by atoms with Crippen molar-refractivity contribution in [1.82, 2.24) is 20.3 Å². The Balaban J connectivity index is 1.99. The highest BCUT2D eigenvalue weighted by atomic mass is 16.3. The van der Waals surface area contributed by atoms with Gasteiger partial charge in [0.25, 0.3) is 0 Å². The quantitative estimate of drug-likeness (QED) is 0.379. The fourth-order valence-electron chi connectivity index (χ4n) is 2.44. The Morgan fingerprint density at radius 2 is 2.05 bits per heavy atom. The van der Waals surface area contributed by atoms with Gasteiger partial charge < -0.3 is 26.0 Å². The van der Waals surface area contributed by atoms with Gasteiger partial charge in [0.05, 0.1) is 30.3 Å². The van der Waals surface area contributed by atoms with Gasteiger partial charge in [0.1, 0.15) is 17.9 Å². The van der Waals surface area contributed by atoms with Gasteiger partial charge in [-0.25, -0.2) is 9.97 Å². The van der Waals surface area contributed by atoms with Crippen molar-refractivity contribution in [3.63, 3.8) is 0 Å². The van der Waals surface area contributed by atoms with Gasteiger partial charge in [-0.05, 0) is 6.07 Å². The zero-order valence-corrected chi connectivity index (χ0v) is 9.98. The summed E-state index contributed by atoms with van der Waals surface area (Å²) in [5, 5.41) is 31.9. The minimum Gasteiger partial charge on any atom is -0.395 e. The standard InChI is InChI=1S/C11H15N5O3/c12-11-8-4(13-3-14-11)1-5(15-8)7-10(19)9(18)6(2-17)16-7/h1,3,6-7,9-10,15-19H,2H2,(H2,12,13,14)/t6-,7+,9-,10+/m1/s1. The molecule has 0 radical (unpaired) electrons. The molecule has 8 nitrogen and oxygen atoms in total. The molecule has 3 rings (SSSR count). The number of nitrogens with one attached hydrogen (secondary N) is 2. The van der Waals surface area contributed by atoms with Crippen molar-refractivity contribution in [3.8, 4) is 0 Å². The monoisotopic (exact) mass is 265 g/mol. The van der Waals surface area contributed by atoms with Crippen LogP contribution >= 0.6 is 0 Å². The third-order valence-corrected chi connectivity index (χ3v) is 3.50. The second kappa shape index (κ2) is 4.42. The Kier molecular flexibility index (Phi) is 2.86. The fourth-order valence-corrected chi connectivity index (χ4v) is 2.44. The number of aromatic amines is 1. The summed E-state index contributed by atoms with van der Waals surface area (Å²) in [4.78, 5) is 11.0. The SMILES string of the molecule is Nc1ncnc2cc([C@@H]3N[C@H](CO)[C@@H](O)[C@H]3O)[nH]c12. The van der Waals surface area contributed by atoms with Crippen LogP contribution < -0.4 is 11.1 Å². The molecule has 0 aromatic carbocycles. The number of aliphatic hydroxyl groups is 3. The highest BCUT2D eigenvalue weighted by Gasteiger charge is 2.42. The summed E-state index contributed by atoms with van der Waals surface area (Å²) in [7, 11) is 0. The number of nitrogen functional groups attached to an aromatic ring is 1. The van der Waals surface area contributed by atoms with E-state index < -0.39 is 24.3 Å². The molecule has 1 saturated heterocycles. The lowest BCUT2D eigenvalue weighted by Gasteiger charge is -2.14. The van der Waals surface area contributed by atoms with E-state index in [1.165, 1.54) is 6.33 Å². The summed E-state index contributed by atoms with van der Waals surface area (Å²) < 4.78 is 0. The normalized spacial score (nSPS) is 31.1. The van der Waals surface area contributed by atoms with E-state index in [2.05, 4.69) is 20.3 Å². The van der Waals surface area contributed by atoms with Crippen LogP contribution in [0.3, 0.4) is 0 Å². The molecule has 7 N–H and O–H groups in total. The molecule has 0 bridgehead atoms. The first-order valence-corrected chi connectivity index (χ1v) is 5.94. The molecule has 2 aromatic heterocycles. The number of hydrogen-bond donors (Lipinski definition) is 6. The van der Waals surface area contributed by atoms with Gasteiger partial charge in [-0.2, -0.15) is 0 Å². The number of nitrogens with zero attached hydrogens (tertiary/aromatic N) is 2. The zero-order chi connectivity index (χ0) is 13.6. The average molecular weight is 265 g/mol. The molecule has 3 heterocycles. The Morgan fingerprint density at radius 3 is 2.68 bits per heavy atom. The molecule has 1 aliphatic rings. The smallest absolute Gasteiger partial charge is 0.151 e. The predicted molar refractivity (Wildman–Crippen MR) is 67.1 cm³/mol. The lowest BCUT2D eigenvalue weighted by Crippen LogP contribution is -2.35. The number of H-pyrrole nitrogens is 1. The van der Waals surface area contributed by atoms with Gasteiger partial charge in [0, 0.05) is 5.69 Å². The first kappa shape index (κ1) is 12.3. The van der Waals surface area contributed by atoms with Crippen molar-refractivity contribution < 1.29 is 15.3 Å². The van der Waals surface area contributed by atoms with E-state index in [4.69, 9.17) is 10.8 Å². The molecule has 0 unspecified atom stereocenters. The van der Waals surface area contributed by atoms with Crippen LogP contribution in [0.25, 0.3) is 11.0 Å². The van der Waals surface area contributed by atoms with Crippen LogP contribution in [0, 0.1) is 0 Å². The number of aromatic nitrogens is 3. The number of rotatable bonds is 2. The lowest BCUT2D eigenvalue weighted by molar-refractivity contribution is 0.0191. The predicted octanol–water partition coefficient (Wildman–Crippen LogP) is -1.73. The van der Waals surface area contributed by atoms with Crippen LogP contribution in [0.4, 0.5) is 5.82 Å². The van der Waals surface area contributed by atoms with E-state index in [0.717, 1.165) is 0 Å². The van der Waals surface area contributed by atoms with E-state index >= 15 is 0 Å². The maximum absolute atomic E-state index is 10.00.